The molecule has 28 heavy (non-hydrogen) atoms. The molecule has 0 atom stereocenters. The summed E-state index contributed by atoms with van der Waals surface area (Å²) in [6.45, 7) is 0. The monoisotopic (exact) mass is 540 g/mol. The highest BCUT2D eigenvalue weighted by Crippen LogP contribution is 2.60. The molecular formula is C18H12Cl8O2. The Kier molecular flexibility index (Phi) is 6.97. The molecule has 0 bridgehead atoms. The molecule has 2 nitrogen and oxygen atoms in total. The van der Waals surface area contributed by atoms with Crippen LogP contribution in [0.1, 0.15) is 43.2 Å². The minimum Gasteiger partial charge on any atom is -0.505 e. The van der Waals surface area contributed by atoms with Gasteiger partial charge in [0.1, 0.15) is 20.1 Å². The van der Waals surface area contributed by atoms with Crippen LogP contribution in [0.5, 0.6) is 11.5 Å². The molecule has 0 spiro atoms. The summed E-state index contributed by atoms with van der Waals surface area (Å²) in [5.41, 5.74) is -0.127. The van der Waals surface area contributed by atoms with Gasteiger partial charge in [0.2, 0.25) is 0 Å². The molecule has 1 saturated carbocycles. The second-order valence-corrected chi connectivity index (χ2v) is 9.63. The van der Waals surface area contributed by atoms with Crippen LogP contribution >= 0.6 is 92.8 Å². The molecule has 2 aromatic rings. The molecule has 2 N–H and O–H groups in total. The predicted molar refractivity (Wildman–Crippen MR) is 120 cm³/mol. The number of aromatic hydroxyl groups is 2. The number of phenolic OH excluding ortho intramolecular Hbond substituents is 2. The van der Waals surface area contributed by atoms with E-state index in [9.17, 15) is 10.2 Å². The summed E-state index contributed by atoms with van der Waals surface area (Å²) < 4.78 is 0. The van der Waals surface area contributed by atoms with Crippen molar-refractivity contribution in [2.45, 2.75) is 37.5 Å². The van der Waals surface area contributed by atoms with Gasteiger partial charge in [-0.3, -0.25) is 0 Å². The average Bonchev–Trinajstić information content (AvgIpc) is 2.68. The Labute approximate surface area is 202 Å². The molecule has 1 aliphatic rings. The molecule has 0 aromatic heterocycles. The molecule has 0 saturated heterocycles. The molecule has 1 fully saturated rings. The Morgan fingerprint density at radius 1 is 0.464 bits per heavy atom. The first kappa shape index (κ1) is 23.0. The van der Waals surface area contributed by atoms with E-state index in [1.54, 1.807) is 0 Å². The first-order chi connectivity index (χ1) is 13.1. The average molecular weight is 544 g/mol. The lowest BCUT2D eigenvalue weighted by atomic mass is 9.65. The Hall–Kier alpha value is 0.360. The van der Waals surface area contributed by atoms with Crippen molar-refractivity contribution in [2.24, 2.45) is 0 Å². The Morgan fingerprint density at radius 3 is 1.04 bits per heavy atom. The summed E-state index contributed by atoms with van der Waals surface area (Å²) in [5.74, 6) is -0.820. The molecule has 0 unspecified atom stereocenters. The van der Waals surface area contributed by atoms with Crippen molar-refractivity contribution in [1.29, 1.82) is 0 Å². The zero-order valence-electron chi connectivity index (χ0n) is 14.0. The van der Waals surface area contributed by atoms with E-state index in [4.69, 9.17) is 92.8 Å². The van der Waals surface area contributed by atoms with Crippen molar-refractivity contribution < 1.29 is 10.2 Å². The van der Waals surface area contributed by atoms with Crippen LogP contribution < -0.4 is 0 Å². The summed E-state index contributed by atoms with van der Waals surface area (Å²) in [5, 5.41) is 19.9. The number of hydrogen-bond donors (Lipinski definition) is 2. The fraction of sp³-hybridized carbons (Fsp3) is 0.333. The van der Waals surface area contributed by atoms with Crippen LogP contribution in [-0.4, -0.2) is 10.2 Å². The van der Waals surface area contributed by atoms with Gasteiger partial charge in [0.05, 0.1) is 20.1 Å². The first-order valence-electron chi connectivity index (χ1n) is 8.17. The van der Waals surface area contributed by atoms with Crippen LogP contribution in [0.4, 0.5) is 0 Å². The van der Waals surface area contributed by atoms with Gasteiger partial charge in [0.25, 0.3) is 0 Å². The van der Waals surface area contributed by atoms with Gasteiger partial charge < -0.3 is 10.2 Å². The lowest BCUT2D eigenvalue weighted by Crippen LogP contribution is -2.32. The maximum absolute atomic E-state index is 10.1. The molecule has 0 amide bonds. The van der Waals surface area contributed by atoms with Gasteiger partial charge in [-0.2, -0.15) is 0 Å². The lowest BCUT2D eigenvalue weighted by Gasteiger charge is -2.41. The van der Waals surface area contributed by atoms with Crippen molar-refractivity contribution in [3.8, 4) is 11.5 Å². The summed E-state index contributed by atoms with van der Waals surface area (Å²) in [6.07, 6.45) is 3.71. The van der Waals surface area contributed by atoms with Crippen LogP contribution in [0, 0.1) is 0 Å². The van der Waals surface area contributed by atoms with E-state index in [1.807, 2.05) is 0 Å². The quantitative estimate of drug-likeness (QED) is 0.370. The van der Waals surface area contributed by atoms with Gasteiger partial charge in [-0.25, -0.2) is 0 Å². The van der Waals surface area contributed by atoms with Crippen molar-refractivity contribution in [2.75, 3.05) is 0 Å². The SMILES string of the molecule is Oc1c(Cl)c(Cl)c(C2(c3c(Cl)c(Cl)c(O)c(Cl)c3Cl)CCCCC2)c(Cl)c1Cl. The second kappa shape index (κ2) is 8.48. The van der Waals surface area contributed by atoms with E-state index in [-0.39, 0.29) is 40.2 Å². The van der Waals surface area contributed by atoms with Crippen molar-refractivity contribution in [1.82, 2.24) is 0 Å². The molecule has 152 valence electrons. The van der Waals surface area contributed by atoms with Crippen molar-refractivity contribution >= 4 is 92.8 Å². The highest BCUT2D eigenvalue weighted by atomic mass is 35.5. The summed E-state index contributed by atoms with van der Waals surface area (Å²) in [6, 6.07) is 0. The molecule has 10 heteroatoms. The fourth-order valence-electron chi connectivity index (χ4n) is 3.86. The number of phenols is 2. The summed E-state index contributed by atoms with van der Waals surface area (Å²) in [7, 11) is 0. The fourth-order valence-corrected chi connectivity index (χ4v) is 6.27. The van der Waals surface area contributed by atoms with E-state index in [0.29, 0.717) is 24.0 Å². The van der Waals surface area contributed by atoms with E-state index < -0.39 is 16.9 Å². The third kappa shape index (κ3) is 3.42. The standard InChI is InChI=1S/C18H12Cl8O2/c19-8-6(9(20)13(24)16(27)12(8)23)18(4-2-1-3-5-18)7-10(21)14(25)17(28)15(26)11(7)22/h27-28H,1-5H2. The molecule has 1 aliphatic carbocycles. The first-order valence-corrected chi connectivity index (χ1v) is 11.2. The van der Waals surface area contributed by atoms with E-state index in [1.165, 1.54) is 0 Å². The van der Waals surface area contributed by atoms with Gasteiger partial charge in [-0.15, -0.1) is 0 Å². The maximum atomic E-state index is 10.1. The van der Waals surface area contributed by atoms with Crippen molar-refractivity contribution in [3.63, 3.8) is 0 Å². The predicted octanol–water partition coefficient (Wildman–Crippen LogP) is 9.58. The number of rotatable bonds is 2. The second-order valence-electron chi connectivity index (χ2n) is 6.60. The minimum absolute atomic E-state index is 0.0444. The summed E-state index contributed by atoms with van der Waals surface area (Å²) in [4.78, 5) is 0. The zero-order valence-corrected chi connectivity index (χ0v) is 20.0. The summed E-state index contributed by atoms with van der Waals surface area (Å²) >= 11 is 51.0. The van der Waals surface area contributed by atoms with Gasteiger partial charge >= 0.3 is 0 Å². The van der Waals surface area contributed by atoms with Gasteiger partial charge in [0, 0.05) is 16.5 Å². The molecule has 2 aromatic carbocycles. The molecule has 3 rings (SSSR count). The van der Waals surface area contributed by atoms with Gasteiger partial charge in [-0.1, -0.05) is 112 Å². The van der Waals surface area contributed by atoms with E-state index in [2.05, 4.69) is 0 Å². The van der Waals surface area contributed by atoms with Crippen LogP contribution in [0.3, 0.4) is 0 Å². The number of hydrogen-bond acceptors (Lipinski definition) is 2. The molecular weight excluding hydrogens is 532 g/mol. The molecule has 0 aliphatic heterocycles. The Morgan fingerprint density at radius 2 is 0.750 bits per heavy atom. The topological polar surface area (TPSA) is 40.5 Å². The normalized spacial score (nSPS) is 16.4. The lowest BCUT2D eigenvalue weighted by molar-refractivity contribution is 0.345. The largest absolute Gasteiger partial charge is 0.505 e. The maximum Gasteiger partial charge on any atom is 0.155 e. The highest BCUT2D eigenvalue weighted by Gasteiger charge is 2.45. The van der Waals surface area contributed by atoms with Crippen LogP contribution in [0.15, 0.2) is 0 Å². The zero-order chi connectivity index (χ0) is 21.0. The third-order valence-corrected chi connectivity index (χ3v) is 8.52. The smallest absolute Gasteiger partial charge is 0.155 e. The minimum atomic E-state index is -0.914. The number of halogens is 8. The third-order valence-electron chi connectivity index (χ3n) is 5.14. The van der Waals surface area contributed by atoms with Gasteiger partial charge in [-0.05, 0) is 12.8 Å². The van der Waals surface area contributed by atoms with E-state index in [0.717, 1.165) is 19.3 Å². The van der Waals surface area contributed by atoms with Gasteiger partial charge in [0.15, 0.2) is 11.5 Å². The van der Waals surface area contributed by atoms with E-state index >= 15 is 0 Å². The van der Waals surface area contributed by atoms with Crippen LogP contribution in [0.25, 0.3) is 0 Å². The molecule has 0 radical (unpaired) electrons. The Balaban J connectivity index is 2.48. The van der Waals surface area contributed by atoms with Crippen LogP contribution in [0.2, 0.25) is 40.2 Å². The number of benzene rings is 2. The highest BCUT2D eigenvalue weighted by molar-refractivity contribution is 6.51. The Bertz CT molecular complexity index is 838. The van der Waals surface area contributed by atoms with Crippen LogP contribution in [-0.2, 0) is 5.41 Å². The van der Waals surface area contributed by atoms with Crippen molar-refractivity contribution in [3.05, 3.63) is 51.3 Å². The molecule has 0 heterocycles.